The van der Waals surface area contributed by atoms with Gasteiger partial charge in [-0.1, -0.05) is 37.3 Å². The van der Waals surface area contributed by atoms with Crippen LogP contribution in [0.2, 0.25) is 0 Å². The Morgan fingerprint density at radius 1 is 1.26 bits per heavy atom. The first kappa shape index (κ1) is 17.0. The summed E-state index contributed by atoms with van der Waals surface area (Å²) in [5.41, 5.74) is 1.18. The van der Waals surface area contributed by atoms with Crippen LogP contribution in [-0.4, -0.2) is 54.3 Å². The van der Waals surface area contributed by atoms with Gasteiger partial charge in [-0.15, -0.1) is 0 Å². The van der Waals surface area contributed by atoms with Gasteiger partial charge >= 0.3 is 6.03 Å². The molecule has 1 fully saturated rings. The largest absolute Gasteiger partial charge is 0.356 e. The zero-order chi connectivity index (χ0) is 16.8. The quantitative estimate of drug-likeness (QED) is 0.776. The van der Waals surface area contributed by atoms with Crippen LogP contribution in [0.5, 0.6) is 0 Å². The Balaban J connectivity index is 1.68. The standard InChI is InChI=1S/C17H23N3O3/c1-13(14-7-4-3-5-8-14)11-18-15(21)9-6-10-20-16(22)12-19(2)17(20)23/h3-5,7-8,13H,6,9-12H2,1-2H3,(H,18,21). The molecule has 0 radical (unpaired) electrons. The van der Waals surface area contributed by atoms with Crippen LogP contribution in [0.25, 0.3) is 0 Å². The molecule has 0 saturated carbocycles. The first-order valence-electron chi connectivity index (χ1n) is 7.86. The molecule has 1 aliphatic heterocycles. The van der Waals surface area contributed by atoms with Gasteiger partial charge in [-0.25, -0.2) is 4.79 Å². The molecule has 1 N–H and O–H groups in total. The maximum absolute atomic E-state index is 11.9. The number of nitrogens with one attached hydrogen (secondary N) is 1. The van der Waals surface area contributed by atoms with E-state index in [2.05, 4.69) is 12.2 Å². The summed E-state index contributed by atoms with van der Waals surface area (Å²) >= 11 is 0. The van der Waals surface area contributed by atoms with Crippen molar-refractivity contribution in [1.29, 1.82) is 0 Å². The van der Waals surface area contributed by atoms with Gasteiger partial charge < -0.3 is 10.2 Å². The minimum atomic E-state index is -0.284. The van der Waals surface area contributed by atoms with E-state index in [1.807, 2.05) is 30.3 Å². The minimum Gasteiger partial charge on any atom is -0.356 e. The van der Waals surface area contributed by atoms with Crippen molar-refractivity contribution in [3.05, 3.63) is 35.9 Å². The second kappa shape index (κ2) is 7.76. The van der Waals surface area contributed by atoms with Gasteiger partial charge in [0, 0.05) is 26.6 Å². The highest BCUT2D eigenvalue weighted by atomic mass is 16.2. The summed E-state index contributed by atoms with van der Waals surface area (Å²) < 4.78 is 0. The molecule has 1 heterocycles. The molecule has 0 aliphatic carbocycles. The summed E-state index contributed by atoms with van der Waals surface area (Å²) in [6.45, 7) is 3.06. The van der Waals surface area contributed by atoms with Gasteiger partial charge in [0.15, 0.2) is 0 Å². The minimum absolute atomic E-state index is 0.0553. The monoisotopic (exact) mass is 317 g/mol. The van der Waals surface area contributed by atoms with Gasteiger partial charge in [-0.2, -0.15) is 0 Å². The fourth-order valence-electron chi connectivity index (χ4n) is 2.54. The predicted octanol–water partition coefficient (Wildman–Crippen LogP) is 1.58. The van der Waals surface area contributed by atoms with Crippen molar-refractivity contribution in [2.45, 2.75) is 25.7 Å². The van der Waals surface area contributed by atoms with E-state index in [1.54, 1.807) is 7.05 Å². The van der Waals surface area contributed by atoms with Crippen LogP contribution in [0.3, 0.4) is 0 Å². The number of carbonyl (C=O) groups is 3. The van der Waals surface area contributed by atoms with Gasteiger partial charge in [-0.05, 0) is 17.9 Å². The molecule has 1 atom stereocenters. The van der Waals surface area contributed by atoms with Gasteiger partial charge in [-0.3, -0.25) is 14.5 Å². The van der Waals surface area contributed by atoms with Crippen LogP contribution in [0, 0.1) is 0 Å². The second-order valence-electron chi connectivity index (χ2n) is 5.90. The lowest BCUT2D eigenvalue weighted by molar-refractivity contribution is -0.126. The third-order valence-electron chi connectivity index (χ3n) is 3.99. The van der Waals surface area contributed by atoms with Crippen LogP contribution >= 0.6 is 0 Å². The van der Waals surface area contributed by atoms with E-state index in [4.69, 9.17) is 0 Å². The molecule has 2 rings (SSSR count). The summed E-state index contributed by atoms with van der Waals surface area (Å²) in [5.74, 6) is -0.00799. The molecule has 1 unspecified atom stereocenters. The van der Waals surface area contributed by atoms with Crippen molar-refractivity contribution in [3.8, 4) is 0 Å². The van der Waals surface area contributed by atoms with Crippen molar-refractivity contribution < 1.29 is 14.4 Å². The lowest BCUT2D eigenvalue weighted by Gasteiger charge is -2.15. The van der Waals surface area contributed by atoms with E-state index in [9.17, 15) is 14.4 Å². The molecule has 0 aromatic heterocycles. The maximum Gasteiger partial charge on any atom is 0.326 e. The first-order valence-corrected chi connectivity index (χ1v) is 7.86. The van der Waals surface area contributed by atoms with Crippen molar-refractivity contribution in [1.82, 2.24) is 15.1 Å². The van der Waals surface area contributed by atoms with Crippen molar-refractivity contribution >= 4 is 17.8 Å². The molecule has 124 valence electrons. The van der Waals surface area contributed by atoms with E-state index in [1.165, 1.54) is 15.4 Å². The van der Waals surface area contributed by atoms with Gasteiger partial charge in [0.25, 0.3) is 0 Å². The highest BCUT2D eigenvalue weighted by Gasteiger charge is 2.32. The van der Waals surface area contributed by atoms with Crippen LogP contribution in [-0.2, 0) is 9.59 Å². The molecule has 0 spiro atoms. The molecule has 4 amide bonds. The van der Waals surface area contributed by atoms with Crippen LogP contribution in [0.15, 0.2) is 30.3 Å². The number of urea groups is 1. The number of likely N-dealkylation sites (N-methyl/N-ethyl adjacent to an activating group) is 1. The molecule has 1 saturated heterocycles. The molecular formula is C17H23N3O3. The molecule has 0 bridgehead atoms. The fraction of sp³-hybridized carbons (Fsp3) is 0.471. The Morgan fingerprint density at radius 3 is 2.57 bits per heavy atom. The summed E-state index contributed by atoms with van der Waals surface area (Å²) in [7, 11) is 1.60. The number of carbonyl (C=O) groups excluding carboxylic acids is 3. The predicted molar refractivity (Wildman–Crippen MR) is 86.8 cm³/mol. The van der Waals surface area contributed by atoms with E-state index in [-0.39, 0.29) is 30.3 Å². The molecule has 23 heavy (non-hydrogen) atoms. The first-order chi connectivity index (χ1) is 11.0. The molecule has 1 aromatic rings. The van der Waals surface area contributed by atoms with Crippen molar-refractivity contribution in [2.75, 3.05) is 26.7 Å². The molecule has 1 aromatic carbocycles. The Hall–Kier alpha value is -2.37. The Bertz CT molecular complexity index is 574. The normalized spacial score (nSPS) is 15.9. The SMILES string of the molecule is CC(CNC(=O)CCCN1C(=O)CN(C)C1=O)c1ccccc1. The van der Waals surface area contributed by atoms with Crippen LogP contribution in [0.4, 0.5) is 4.79 Å². The van der Waals surface area contributed by atoms with Gasteiger partial charge in [0.05, 0.1) is 0 Å². The fourth-order valence-corrected chi connectivity index (χ4v) is 2.54. The lowest BCUT2D eigenvalue weighted by atomic mass is 10.0. The van der Waals surface area contributed by atoms with Crippen LogP contribution < -0.4 is 5.32 Å². The number of amides is 4. The smallest absolute Gasteiger partial charge is 0.326 e. The number of hydrogen-bond acceptors (Lipinski definition) is 3. The highest BCUT2D eigenvalue weighted by molar-refractivity contribution is 6.01. The third kappa shape index (κ3) is 4.55. The number of hydrogen-bond donors (Lipinski definition) is 1. The zero-order valence-corrected chi connectivity index (χ0v) is 13.6. The average Bonchev–Trinajstić information content (AvgIpc) is 2.79. The topological polar surface area (TPSA) is 69.7 Å². The van der Waals surface area contributed by atoms with Gasteiger partial charge in [0.1, 0.15) is 6.54 Å². The summed E-state index contributed by atoms with van der Waals surface area (Å²) in [5, 5.41) is 2.90. The second-order valence-corrected chi connectivity index (χ2v) is 5.90. The Kier molecular flexibility index (Phi) is 5.73. The van der Waals surface area contributed by atoms with Gasteiger partial charge in [0.2, 0.25) is 11.8 Å². The lowest BCUT2D eigenvalue weighted by Crippen LogP contribution is -2.33. The number of benzene rings is 1. The number of nitrogens with zero attached hydrogens (tertiary/aromatic N) is 2. The average molecular weight is 317 g/mol. The Labute approximate surface area is 136 Å². The van der Waals surface area contributed by atoms with Crippen molar-refractivity contribution in [3.63, 3.8) is 0 Å². The van der Waals surface area contributed by atoms with E-state index < -0.39 is 0 Å². The molecule has 6 heteroatoms. The number of imide groups is 1. The summed E-state index contributed by atoms with van der Waals surface area (Å²) in [4.78, 5) is 37.8. The molecule has 6 nitrogen and oxygen atoms in total. The highest BCUT2D eigenvalue weighted by Crippen LogP contribution is 2.13. The third-order valence-corrected chi connectivity index (χ3v) is 3.99. The zero-order valence-electron chi connectivity index (χ0n) is 13.6. The van der Waals surface area contributed by atoms with E-state index >= 15 is 0 Å². The van der Waals surface area contributed by atoms with Crippen molar-refractivity contribution in [2.24, 2.45) is 0 Å². The van der Waals surface area contributed by atoms with E-state index in [0.29, 0.717) is 25.9 Å². The maximum atomic E-state index is 11.9. The number of rotatable bonds is 7. The molecule has 1 aliphatic rings. The summed E-state index contributed by atoms with van der Waals surface area (Å²) in [6.07, 6.45) is 0.791. The van der Waals surface area contributed by atoms with Crippen LogP contribution in [0.1, 0.15) is 31.2 Å². The van der Waals surface area contributed by atoms with E-state index in [0.717, 1.165) is 0 Å². The summed E-state index contributed by atoms with van der Waals surface area (Å²) in [6, 6.07) is 9.72. The molecular weight excluding hydrogens is 294 g/mol. The Morgan fingerprint density at radius 2 is 1.96 bits per heavy atom.